The molecule has 108 valence electrons. The minimum atomic E-state index is -4.70. The van der Waals surface area contributed by atoms with Crippen LogP contribution in [0, 0.1) is 11.8 Å². The normalized spacial score (nSPS) is 28.1. The summed E-state index contributed by atoms with van der Waals surface area (Å²) < 4.78 is 40.4. The summed E-state index contributed by atoms with van der Waals surface area (Å²) in [6.45, 7) is 0.907. The van der Waals surface area contributed by atoms with Crippen LogP contribution in [0.1, 0.15) is 11.5 Å². The summed E-state index contributed by atoms with van der Waals surface area (Å²) in [5.74, 6) is 0.344. The third-order valence-corrected chi connectivity index (χ3v) is 3.94. The topological polar surface area (TPSA) is 49.8 Å². The number of amides is 1. The fourth-order valence-corrected chi connectivity index (χ4v) is 3.10. The van der Waals surface area contributed by atoms with Crippen molar-refractivity contribution in [3.05, 3.63) is 29.8 Å². The molecule has 1 aromatic carbocycles. The minimum Gasteiger partial charge on any atom is -0.465 e. The molecule has 1 N–H and O–H groups in total. The molecule has 1 heterocycles. The Morgan fingerprint density at radius 2 is 1.95 bits per heavy atom. The van der Waals surface area contributed by atoms with E-state index in [4.69, 9.17) is 5.11 Å². The van der Waals surface area contributed by atoms with Crippen LogP contribution in [0.5, 0.6) is 5.75 Å². The van der Waals surface area contributed by atoms with Crippen LogP contribution in [-0.4, -0.2) is 35.6 Å². The summed E-state index contributed by atoms with van der Waals surface area (Å²) in [5.41, 5.74) is 0.784. The zero-order valence-electron chi connectivity index (χ0n) is 10.3. The monoisotopic (exact) mass is 287 g/mol. The number of hydrogen-bond acceptors (Lipinski definition) is 2. The summed E-state index contributed by atoms with van der Waals surface area (Å²) in [7, 11) is 0. The van der Waals surface area contributed by atoms with Gasteiger partial charge in [0, 0.05) is 13.1 Å². The Bertz CT molecular complexity index is 534. The molecule has 3 atom stereocenters. The minimum absolute atomic E-state index is 0.141. The van der Waals surface area contributed by atoms with Crippen LogP contribution in [0.3, 0.4) is 0 Å². The van der Waals surface area contributed by atoms with Crippen molar-refractivity contribution in [1.29, 1.82) is 0 Å². The molecule has 1 aliphatic heterocycles. The Hall–Kier alpha value is -1.92. The number of nitrogens with zero attached hydrogens (tertiary/aromatic N) is 1. The second-order valence-corrected chi connectivity index (χ2v) is 5.16. The predicted octanol–water partition coefficient (Wildman–Crippen LogP) is 2.91. The van der Waals surface area contributed by atoms with E-state index in [0.717, 1.165) is 5.56 Å². The molecular formula is C13H12F3NO3. The zero-order chi connectivity index (χ0) is 14.5. The molecule has 1 saturated heterocycles. The maximum atomic E-state index is 12.2. The smallest absolute Gasteiger partial charge is 0.465 e. The molecule has 20 heavy (non-hydrogen) atoms. The number of carboxylic acid groups (broad SMARTS) is 1. The van der Waals surface area contributed by atoms with Crippen LogP contribution >= 0.6 is 0 Å². The first-order valence-corrected chi connectivity index (χ1v) is 6.19. The molecule has 1 aromatic rings. The number of rotatable bonds is 2. The van der Waals surface area contributed by atoms with Crippen molar-refractivity contribution >= 4 is 6.09 Å². The van der Waals surface area contributed by atoms with Gasteiger partial charge in [-0.2, -0.15) is 0 Å². The Morgan fingerprint density at radius 1 is 1.30 bits per heavy atom. The van der Waals surface area contributed by atoms with E-state index >= 15 is 0 Å². The number of piperidine rings is 1. The highest BCUT2D eigenvalue weighted by Crippen LogP contribution is 2.58. The molecule has 4 nitrogen and oxygen atoms in total. The van der Waals surface area contributed by atoms with Gasteiger partial charge >= 0.3 is 12.5 Å². The van der Waals surface area contributed by atoms with Crippen LogP contribution in [0.2, 0.25) is 0 Å². The molecule has 1 saturated carbocycles. The molecule has 1 amide bonds. The van der Waals surface area contributed by atoms with E-state index in [1.54, 1.807) is 6.07 Å². The lowest BCUT2D eigenvalue weighted by Gasteiger charge is -2.16. The Balaban J connectivity index is 1.69. The number of halogens is 3. The number of likely N-dealkylation sites (tertiary alicyclic amines) is 1. The van der Waals surface area contributed by atoms with Gasteiger partial charge in [0.05, 0.1) is 0 Å². The van der Waals surface area contributed by atoms with Gasteiger partial charge in [0.1, 0.15) is 5.75 Å². The Labute approximate surface area is 112 Å². The van der Waals surface area contributed by atoms with E-state index in [-0.39, 0.29) is 23.5 Å². The van der Waals surface area contributed by atoms with Crippen LogP contribution in [0.25, 0.3) is 0 Å². The third kappa shape index (κ3) is 2.39. The summed E-state index contributed by atoms with van der Waals surface area (Å²) in [6.07, 6.45) is -5.64. The van der Waals surface area contributed by atoms with Gasteiger partial charge < -0.3 is 14.7 Å². The molecule has 2 fully saturated rings. The maximum absolute atomic E-state index is 12.2. The van der Waals surface area contributed by atoms with Crippen LogP contribution in [-0.2, 0) is 0 Å². The van der Waals surface area contributed by atoms with Crippen molar-refractivity contribution in [3.8, 4) is 5.75 Å². The largest absolute Gasteiger partial charge is 0.573 e. The van der Waals surface area contributed by atoms with Gasteiger partial charge in [0.25, 0.3) is 0 Å². The number of benzene rings is 1. The lowest BCUT2D eigenvalue weighted by atomic mass is 10.1. The highest BCUT2D eigenvalue weighted by atomic mass is 19.4. The maximum Gasteiger partial charge on any atom is 0.573 e. The Kier molecular flexibility index (Phi) is 2.81. The molecule has 0 aromatic heterocycles. The highest BCUT2D eigenvalue weighted by Gasteiger charge is 2.57. The van der Waals surface area contributed by atoms with Crippen LogP contribution in [0.4, 0.5) is 18.0 Å². The number of hydrogen-bond donors (Lipinski definition) is 1. The van der Waals surface area contributed by atoms with E-state index < -0.39 is 12.5 Å². The zero-order valence-corrected chi connectivity index (χ0v) is 10.3. The lowest BCUT2D eigenvalue weighted by molar-refractivity contribution is -0.274. The van der Waals surface area contributed by atoms with Crippen molar-refractivity contribution in [2.45, 2.75) is 12.3 Å². The van der Waals surface area contributed by atoms with Gasteiger partial charge in [-0.1, -0.05) is 12.1 Å². The average Bonchev–Trinajstić information content (AvgIpc) is 2.82. The SMILES string of the molecule is O=C(O)N1C[C@@H]2C(c3cccc(OC(F)(F)F)c3)[C@@H]2C1. The van der Waals surface area contributed by atoms with E-state index in [9.17, 15) is 18.0 Å². The van der Waals surface area contributed by atoms with Crippen molar-refractivity contribution in [2.75, 3.05) is 13.1 Å². The molecule has 0 bridgehead atoms. The van der Waals surface area contributed by atoms with E-state index in [1.807, 2.05) is 0 Å². The molecule has 3 rings (SSSR count). The number of ether oxygens (including phenoxy) is 1. The van der Waals surface area contributed by atoms with E-state index in [0.29, 0.717) is 13.1 Å². The van der Waals surface area contributed by atoms with Crippen LogP contribution < -0.4 is 4.74 Å². The highest BCUT2D eigenvalue weighted by molar-refractivity contribution is 5.66. The molecule has 2 aliphatic rings. The van der Waals surface area contributed by atoms with E-state index in [2.05, 4.69) is 4.74 Å². The fourth-order valence-electron chi connectivity index (χ4n) is 3.10. The number of fused-ring (bicyclic) bond motifs is 1. The summed E-state index contributed by atoms with van der Waals surface area (Å²) in [6, 6.07) is 5.94. The standard InChI is InChI=1S/C13H12F3NO3/c14-13(15,16)20-8-3-1-2-7(4-8)11-9-5-17(12(18)19)6-10(9)11/h1-4,9-11H,5-6H2,(H,18,19)/t9-,10+,11?. The van der Waals surface area contributed by atoms with Crippen molar-refractivity contribution in [1.82, 2.24) is 4.90 Å². The van der Waals surface area contributed by atoms with Gasteiger partial charge in [0.15, 0.2) is 0 Å². The molecule has 0 spiro atoms. The van der Waals surface area contributed by atoms with Crippen molar-refractivity contribution in [2.24, 2.45) is 11.8 Å². The lowest BCUT2D eigenvalue weighted by Crippen LogP contribution is -2.29. The van der Waals surface area contributed by atoms with Gasteiger partial charge in [0.2, 0.25) is 0 Å². The molecule has 1 unspecified atom stereocenters. The molecule has 0 radical (unpaired) electrons. The first-order chi connectivity index (χ1) is 9.35. The van der Waals surface area contributed by atoms with Crippen LogP contribution in [0.15, 0.2) is 24.3 Å². The van der Waals surface area contributed by atoms with Gasteiger partial charge in [-0.25, -0.2) is 4.79 Å². The fraction of sp³-hybridized carbons (Fsp3) is 0.462. The predicted molar refractivity (Wildman–Crippen MR) is 62.4 cm³/mol. The number of alkyl halides is 3. The van der Waals surface area contributed by atoms with E-state index in [1.165, 1.54) is 23.1 Å². The Morgan fingerprint density at radius 3 is 2.50 bits per heavy atom. The summed E-state index contributed by atoms with van der Waals surface area (Å²) in [5, 5.41) is 8.86. The molecule has 1 aliphatic carbocycles. The van der Waals surface area contributed by atoms with Crippen molar-refractivity contribution < 1.29 is 27.8 Å². The molecular weight excluding hydrogens is 275 g/mol. The van der Waals surface area contributed by atoms with Gasteiger partial charge in [-0.15, -0.1) is 13.2 Å². The van der Waals surface area contributed by atoms with Crippen molar-refractivity contribution in [3.63, 3.8) is 0 Å². The summed E-state index contributed by atoms with van der Waals surface area (Å²) in [4.78, 5) is 12.2. The quantitative estimate of drug-likeness (QED) is 0.910. The first-order valence-electron chi connectivity index (χ1n) is 6.19. The summed E-state index contributed by atoms with van der Waals surface area (Å²) >= 11 is 0. The second-order valence-electron chi connectivity index (χ2n) is 5.16. The average molecular weight is 287 g/mol. The number of carbonyl (C=O) groups is 1. The van der Waals surface area contributed by atoms with Gasteiger partial charge in [-0.05, 0) is 35.4 Å². The second kappa shape index (κ2) is 4.29. The molecule has 7 heteroatoms. The third-order valence-electron chi connectivity index (χ3n) is 3.94. The first kappa shape index (κ1) is 13.1. The van der Waals surface area contributed by atoms with Gasteiger partial charge in [-0.3, -0.25) is 0 Å².